The SMILES string of the molecule is COc1ccnc(N2CCC(Cc3ccc(F)c(F)c3)CC2)n1. The van der Waals surface area contributed by atoms with Crippen molar-refractivity contribution in [2.75, 3.05) is 25.1 Å². The van der Waals surface area contributed by atoms with Crippen LogP contribution in [0.4, 0.5) is 14.7 Å². The number of rotatable bonds is 4. The molecule has 1 aromatic carbocycles. The lowest BCUT2D eigenvalue weighted by molar-refractivity contribution is 0.386. The van der Waals surface area contributed by atoms with Crippen LogP contribution in [0, 0.1) is 17.6 Å². The molecule has 23 heavy (non-hydrogen) atoms. The smallest absolute Gasteiger partial charge is 0.228 e. The Hall–Kier alpha value is -2.24. The van der Waals surface area contributed by atoms with E-state index in [0.717, 1.165) is 37.9 Å². The molecule has 6 heteroatoms. The highest BCUT2D eigenvalue weighted by Crippen LogP contribution is 2.25. The van der Waals surface area contributed by atoms with Crippen molar-refractivity contribution in [3.05, 3.63) is 47.7 Å². The summed E-state index contributed by atoms with van der Waals surface area (Å²) in [7, 11) is 1.58. The van der Waals surface area contributed by atoms with E-state index in [4.69, 9.17) is 4.74 Å². The predicted octanol–water partition coefficient (Wildman–Crippen LogP) is 3.22. The maximum absolute atomic E-state index is 13.3. The van der Waals surface area contributed by atoms with Crippen LogP contribution in [0.3, 0.4) is 0 Å². The van der Waals surface area contributed by atoms with E-state index in [0.29, 0.717) is 17.7 Å². The highest BCUT2D eigenvalue weighted by molar-refractivity contribution is 5.32. The second-order valence-electron chi connectivity index (χ2n) is 5.78. The number of methoxy groups -OCH3 is 1. The Morgan fingerprint density at radius 2 is 1.96 bits per heavy atom. The lowest BCUT2D eigenvalue weighted by atomic mass is 9.90. The maximum atomic E-state index is 13.3. The number of anilines is 1. The summed E-state index contributed by atoms with van der Waals surface area (Å²) < 4.78 is 31.4. The molecule has 1 aliphatic rings. The van der Waals surface area contributed by atoms with Gasteiger partial charge in [-0.1, -0.05) is 6.07 Å². The van der Waals surface area contributed by atoms with E-state index >= 15 is 0 Å². The van der Waals surface area contributed by atoms with Gasteiger partial charge in [0.05, 0.1) is 7.11 Å². The molecule has 0 N–H and O–H groups in total. The zero-order valence-electron chi connectivity index (χ0n) is 13.0. The minimum atomic E-state index is -0.793. The first-order valence-corrected chi connectivity index (χ1v) is 7.71. The number of benzene rings is 1. The van der Waals surface area contributed by atoms with Crippen molar-refractivity contribution in [2.45, 2.75) is 19.3 Å². The van der Waals surface area contributed by atoms with E-state index in [1.54, 1.807) is 25.4 Å². The van der Waals surface area contributed by atoms with Crippen LogP contribution in [0.1, 0.15) is 18.4 Å². The molecule has 2 aromatic rings. The highest BCUT2D eigenvalue weighted by atomic mass is 19.2. The molecule has 2 heterocycles. The molecule has 1 saturated heterocycles. The van der Waals surface area contributed by atoms with Gasteiger partial charge < -0.3 is 9.64 Å². The van der Waals surface area contributed by atoms with Crippen LogP contribution in [-0.2, 0) is 6.42 Å². The second-order valence-corrected chi connectivity index (χ2v) is 5.78. The van der Waals surface area contributed by atoms with Gasteiger partial charge in [0.15, 0.2) is 11.6 Å². The molecule has 0 spiro atoms. The first-order valence-electron chi connectivity index (χ1n) is 7.71. The summed E-state index contributed by atoms with van der Waals surface area (Å²) in [4.78, 5) is 10.8. The molecule has 1 aromatic heterocycles. The standard InChI is InChI=1S/C17H19F2N3O/c1-23-16-4-7-20-17(21-16)22-8-5-12(6-9-22)10-13-2-3-14(18)15(19)11-13/h2-4,7,11-12H,5-6,8-10H2,1H3. The lowest BCUT2D eigenvalue weighted by Gasteiger charge is -2.32. The van der Waals surface area contributed by atoms with Crippen molar-refractivity contribution < 1.29 is 13.5 Å². The molecule has 3 rings (SSSR count). The molecule has 0 saturated carbocycles. The zero-order chi connectivity index (χ0) is 16.2. The van der Waals surface area contributed by atoms with Gasteiger partial charge in [-0.15, -0.1) is 0 Å². The quantitative estimate of drug-likeness (QED) is 0.867. The number of piperidine rings is 1. The monoisotopic (exact) mass is 319 g/mol. The highest BCUT2D eigenvalue weighted by Gasteiger charge is 2.21. The van der Waals surface area contributed by atoms with Crippen molar-refractivity contribution in [2.24, 2.45) is 5.92 Å². The Morgan fingerprint density at radius 3 is 2.65 bits per heavy atom. The van der Waals surface area contributed by atoms with Crippen LogP contribution in [0.5, 0.6) is 5.88 Å². The molecule has 0 bridgehead atoms. The molecule has 122 valence electrons. The Balaban J connectivity index is 1.58. The minimum absolute atomic E-state index is 0.460. The van der Waals surface area contributed by atoms with Gasteiger partial charge in [-0.3, -0.25) is 0 Å². The molecular formula is C17H19F2N3O. The van der Waals surface area contributed by atoms with Gasteiger partial charge in [0.1, 0.15) is 0 Å². The number of hydrogen-bond donors (Lipinski definition) is 0. The number of halogens is 2. The Labute approximate surface area is 134 Å². The van der Waals surface area contributed by atoms with Gasteiger partial charge in [0, 0.05) is 25.4 Å². The third-order valence-corrected chi connectivity index (χ3v) is 4.23. The van der Waals surface area contributed by atoms with Crippen molar-refractivity contribution in [1.82, 2.24) is 9.97 Å². The first kappa shape index (κ1) is 15.6. The largest absolute Gasteiger partial charge is 0.481 e. The summed E-state index contributed by atoms with van der Waals surface area (Å²) in [6, 6.07) is 5.88. The maximum Gasteiger partial charge on any atom is 0.228 e. The van der Waals surface area contributed by atoms with Crippen molar-refractivity contribution in [3.8, 4) is 5.88 Å². The van der Waals surface area contributed by atoms with Crippen LogP contribution in [0.25, 0.3) is 0 Å². The van der Waals surface area contributed by atoms with E-state index < -0.39 is 11.6 Å². The van der Waals surface area contributed by atoms with E-state index in [-0.39, 0.29) is 0 Å². The second kappa shape index (κ2) is 6.89. The molecule has 1 aliphatic heterocycles. The molecule has 0 aliphatic carbocycles. The third kappa shape index (κ3) is 3.75. The van der Waals surface area contributed by atoms with Crippen molar-refractivity contribution >= 4 is 5.95 Å². The topological polar surface area (TPSA) is 38.2 Å². The number of ether oxygens (including phenoxy) is 1. The average Bonchev–Trinajstić information content (AvgIpc) is 2.59. The fourth-order valence-electron chi connectivity index (χ4n) is 2.94. The first-order chi connectivity index (χ1) is 11.2. The number of hydrogen-bond acceptors (Lipinski definition) is 4. The summed E-state index contributed by atoms with van der Waals surface area (Å²) in [5.74, 6) is 0.125. The van der Waals surface area contributed by atoms with Gasteiger partial charge in [0.2, 0.25) is 11.8 Å². The number of aromatic nitrogens is 2. The fourth-order valence-corrected chi connectivity index (χ4v) is 2.94. The van der Waals surface area contributed by atoms with Gasteiger partial charge >= 0.3 is 0 Å². The van der Waals surface area contributed by atoms with E-state index in [1.165, 1.54) is 12.1 Å². The fraction of sp³-hybridized carbons (Fsp3) is 0.412. The van der Waals surface area contributed by atoms with Gasteiger partial charge in [-0.2, -0.15) is 4.98 Å². The van der Waals surface area contributed by atoms with Crippen molar-refractivity contribution in [1.29, 1.82) is 0 Å². The van der Waals surface area contributed by atoms with Crippen LogP contribution in [-0.4, -0.2) is 30.2 Å². The van der Waals surface area contributed by atoms with Gasteiger partial charge in [-0.05, 0) is 42.9 Å². The third-order valence-electron chi connectivity index (χ3n) is 4.23. The summed E-state index contributed by atoms with van der Waals surface area (Å²) in [6.07, 6.45) is 4.40. The number of nitrogens with zero attached hydrogens (tertiary/aromatic N) is 3. The van der Waals surface area contributed by atoms with Crippen LogP contribution >= 0.6 is 0 Å². The molecule has 1 fully saturated rings. The van der Waals surface area contributed by atoms with Gasteiger partial charge in [0.25, 0.3) is 0 Å². The molecule has 0 radical (unpaired) electrons. The molecule has 0 unspecified atom stereocenters. The minimum Gasteiger partial charge on any atom is -0.481 e. The summed E-state index contributed by atoms with van der Waals surface area (Å²) in [6.45, 7) is 1.70. The predicted molar refractivity (Wildman–Crippen MR) is 83.6 cm³/mol. The molecular weight excluding hydrogens is 300 g/mol. The molecule has 4 nitrogen and oxygen atoms in total. The Morgan fingerprint density at radius 1 is 1.17 bits per heavy atom. The van der Waals surface area contributed by atoms with Crippen molar-refractivity contribution in [3.63, 3.8) is 0 Å². The van der Waals surface area contributed by atoms with Crippen LogP contribution in [0.2, 0.25) is 0 Å². The molecule has 0 atom stereocenters. The lowest BCUT2D eigenvalue weighted by Crippen LogP contribution is -2.35. The normalized spacial score (nSPS) is 15.7. The van der Waals surface area contributed by atoms with E-state index in [9.17, 15) is 8.78 Å². The van der Waals surface area contributed by atoms with Gasteiger partial charge in [-0.25, -0.2) is 13.8 Å². The Bertz CT molecular complexity index is 673. The van der Waals surface area contributed by atoms with E-state index in [1.807, 2.05) is 0 Å². The summed E-state index contributed by atoms with van der Waals surface area (Å²) in [5, 5.41) is 0. The summed E-state index contributed by atoms with van der Waals surface area (Å²) in [5.41, 5.74) is 0.847. The summed E-state index contributed by atoms with van der Waals surface area (Å²) >= 11 is 0. The van der Waals surface area contributed by atoms with E-state index in [2.05, 4.69) is 14.9 Å². The Kier molecular flexibility index (Phi) is 4.69. The van der Waals surface area contributed by atoms with Crippen LogP contribution < -0.4 is 9.64 Å². The average molecular weight is 319 g/mol. The molecule has 0 amide bonds. The zero-order valence-corrected chi connectivity index (χ0v) is 13.0. The van der Waals surface area contributed by atoms with Crippen LogP contribution in [0.15, 0.2) is 30.5 Å².